The number of nitrogens with one attached hydrogen (secondary N) is 2. The minimum absolute atomic E-state index is 0.0686. The summed E-state index contributed by atoms with van der Waals surface area (Å²) in [7, 11) is 0. The Bertz CT molecular complexity index is 1080. The van der Waals surface area contributed by atoms with Gasteiger partial charge >= 0.3 is 0 Å². The third-order valence-electron chi connectivity index (χ3n) is 4.09. The lowest BCUT2D eigenvalue weighted by molar-refractivity contribution is 0.0842. The largest absolute Gasteiger partial charge is 0.466 e. The quantitative estimate of drug-likeness (QED) is 0.686. The molecule has 8 nitrogen and oxygen atoms in total. The normalized spacial score (nSPS) is 10.8. The Morgan fingerprint density at radius 1 is 1.11 bits per heavy atom. The third-order valence-corrected chi connectivity index (χ3v) is 4.09. The Hall–Kier alpha value is -3.42. The number of fused-ring (bicyclic) bond motifs is 1. The fraction of sp³-hybridized carbons (Fsp3) is 0.263. The molecule has 27 heavy (non-hydrogen) atoms. The van der Waals surface area contributed by atoms with Gasteiger partial charge in [0.2, 0.25) is 0 Å². The molecule has 0 radical (unpaired) electrons. The van der Waals surface area contributed by atoms with Crippen LogP contribution in [-0.4, -0.2) is 21.6 Å². The first kappa shape index (κ1) is 18.4. The van der Waals surface area contributed by atoms with Crippen molar-refractivity contribution in [1.82, 2.24) is 20.6 Å². The van der Waals surface area contributed by atoms with Crippen LogP contribution < -0.4 is 16.4 Å². The Labute approximate surface area is 155 Å². The molecule has 0 aliphatic rings. The molecule has 140 valence electrons. The van der Waals surface area contributed by atoms with Gasteiger partial charge in [-0.2, -0.15) is 5.10 Å². The van der Waals surface area contributed by atoms with E-state index in [0.29, 0.717) is 40.8 Å². The third kappa shape index (κ3) is 3.59. The first-order chi connectivity index (χ1) is 12.9. The van der Waals surface area contributed by atoms with Crippen LogP contribution in [0.2, 0.25) is 0 Å². The maximum absolute atomic E-state index is 12.6. The fourth-order valence-corrected chi connectivity index (χ4v) is 2.86. The summed E-state index contributed by atoms with van der Waals surface area (Å²) in [5.74, 6) is -0.0474. The highest BCUT2D eigenvalue weighted by Crippen LogP contribution is 2.14. The van der Waals surface area contributed by atoms with E-state index >= 15 is 0 Å². The molecule has 0 saturated heterocycles. The van der Waals surface area contributed by atoms with Crippen molar-refractivity contribution < 1.29 is 14.0 Å². The number of carbonyl (C=O) groups is 2. The maximum Gasteiger partial charge on any atom is 0.290 e. The van der Waals surface area contributed by atoms with E-state index in [4.69, 9.17) is 4.42 Å². The molecule has 2 N–H and O–H groups in total. The van der Waals surface area contributed by atoms with Crippen molar-refractivity contribution in [1.29, 1.82) is 0 Å². The van der Waals surface area contributed by atoms with Crippen molar-refractivity contribution in [3.63, 3.8) is 0 Å². The molecule has 0 unspecified atom stereocenters. The van der Waals surface area contributed by atoms with Gasteiger partial charge in [0.15, 0.2) is 5.69 Å². The van der Waals surface area contributed by atoms with E-state index in [-0.39, 0.29) is 11.3 Å². The van der Waals surface area contributed by atoms with Gasteiger partial charge in [-0.1, -0.05) is 25.1 Å². The number of nitrogens with zero attached hydrogens (tertiary/aromatic N) is 2. The second-order valence-corrected chi connectivity index (χ2v) is 6.16. The van der Waals surface area contributed by atoms with Crippen molar-refractivity contribution in [2.45, 2.75) is 33.7 Å². The molecule has 3 rings (SSSR count). The SMILES string of the molecule is CCCn1nc(C(=O)NNC(=O)c2cc(C)oc2C)c2ccccc2c1=O. The van der Waals surface area contributed by atoms with Crippen molar-refractivity contribution in [2.75, 3.05) is 0 Å². The van der Waals surface area contributed by atoms with E-state index in [9.17, 15) is 14.4 Å². The number of hydrazine groups is 1. The van der Waals surface area contributed by atoms with E-state index in [1.54, 1.807) is 44.2 Å². The molecule has 2 aromatic heterocycles. The molecule has 8 heteroatoms. The number of aryl methyl sites for hydroxylation is 3. The second-order valence-electron chi connectivity index (χ2n) is 6.16. The smallest absolute Gasteiger partial charge is 0.290 e. The summed E-state index contributed by atoms with van der Waals surface area (Å²) >= 11 is 0. The van der Waals surface area contributed by atoms with E-state index in [1.807, 2.05) is 6.92 Å². The molecule has 1 aromatic carbocycles. The molecule has 3 aromatic rings. The van der Waals surface area contributed by atoms with Crippen molar-refractivity contribution >= 4 is 22.6 Å². The summed E-state index contributed by atoms with van der Waals surface area (Å²) in [6.45, 7) is 5.71. The minimum atomic E-state index is -0.609. The number of hydrogen-bond donors (Lipinski definition) is 2. The summed E-state index contributed by atoms with van der Waals surface area (Å²) in [6, 6.07) is 8.35. The van der Waals surface area contributed by atoms with Crippen molar-refractivity contribution in [3.8, 4) is 0 Å². The molecule has 0 saturated carbocycles. The lowest BCUT2D eigenvalue weighted by atomic mass is 10.1. The molecule has 0 fully saturated rings. The van der Waals surface area contributed by atoms with Crippen molar-refractivity contribution in [3.05, 3.63) is 63.5 Å². The number of amides is 2. The molecule has 0 spiro atoms. The molecule has 0 bridgehead atoms. The highest BCUT2D eigenvalue weighted by Gasteiger charge is 2.18. The van der Waals surface area contributed by atoms with Crippen LogP contribution in [0.1, 0.15) is 45.7 Å². The van der Waals surface area contributed by atoms with Crippen molar-refractivity contribution in [2.24, 2.45) is 0 Å². The summed E-state index contributed by atoms with van der Waals surface area (Å²) in [5, 5.41) is 5.01. The zero-order chi connectivity index (χ0) is 19.6. The van der Waals surface area contributed by atoms with Gasteiger partial charge in [-0.25, -0.2) is 4.68 Å². The number of hydrogen-bond acceptors (Lipinski definition) is 5. The number of benzene rings is 1. The Balaban J connectivity index is 1.89. The average molecular weight is 368 g/mol. The minimum Gasteiger partial charge on any atom is -0.466 e. The van der Waals surface area contributed by atoms with Crippen LogP contribution in [0.3, 0.4) is 0 Å². The predicted molar refractivity (Wildman–Crippen MR) is 99.4 cm³/mol. The Morgan fingerprint density at radius 2 is 1.78 bits per heavy atom. The number of rotatable bonds is 4. The van der Waals surface area contributed by atoms with Gasteiger partial charge in [0.25, 0.3) is 17.4 Å². The van der Waals surface area contributed by atoms with Crippen LogP contribution in [0.25, 0.3) is 10.8 Å². The van der Waals surface area contributed by atoms with E-state index in [2.05, 4.69) is 16.0 Å². The fourth-order valence-electron chi connectivity index (χ4n) is 2.86. The number of aromatic nitrogens is 2. The first-order valence-corrected chi connectivity index (χ1v) is 8.60. The van der Waals surface area contributed by atoms with Crippen LogP contribution in [0.5, 0.6) is 0 Å². The zero-order valence-electron chi connectivity index (χ0n) is 15.3. The zero-order valence-corrected chi connectivity index (χ0v) is 15.3. The molecule has 2 amide bonds. The topological polar surface area (TPSA) is 106 Å². The Kier molecular flexibility index (Phi) is 5.07. The van der Waals surface area contributed by atoms with Gasteiger partial charge in [0, 0.05) is 11.9 Å². The summed E-state index contributed by atoms with van der Waals surface area (Å²) in [6.07, 6.45) is 0.697. The lowest BCUT2D eigenvalue weighted by Gasteiger charge is -2.11. The molecule has 0 atom stereocenters. The van der Waals surface area contributed by atoms with Crippen LogP contribution in [-0.2, 0) is 6.54 Å². The van der Waals surface area contributed by atoms with Crippen LogP contribution >= 0.6 is 0 Å². The van der Waals surface area contributed by atoms with Gasteiger partial charge in [-0.15, -0.1) is 0 Å². The predicted octanol–water partition coefficient (Wildman–Crippen LogP) is 2.09. The van der Waals surface area contributed by atoms with Crippen LogP contribution in [0.4, 0.5) is 0 Å². The Morgan fingerprint density at radius 3 is 2.41 bits per heavy atom. The molecule has 0 aliphatic carbocycles. The van der Waals surface area contributed by atoms with E-state index in [1.165, 1.54) is 4.68 Å². The van der Waals surface area contributed by atoms with Gasteiger partial charge < -0.3 is 4.42 Å². The van der Waals surface area contributed by atoms with E-state index in [0.717, 1.165) is 0 Å². The summed E-state index contributed by atoms with van der Waals surface area (Å²) < 4.78 is 6.58. The van der Waals surface area contributed by atoms with E-state index < -0.39 is 11.8 Å². The first-order valence-electron chi connectivity index (χ1n) is 8.60. The standard InChI is InChI=1S/C19H20N4O4/c1-4-9-23-19(26)14-8-6-5-7-13(14)16(22-23)18(25)21-20-17(24)15-10-11(2)27-12(15)3/h5-8,10H,4,9H2,1-3H3,(H,20,24)(H,21,25). The average Bonchev–Trinajstić information content (AvgIpc) is 3.00. The maximum atomic E-state index is 12.6. The molecule has 0 aliphatic heterocycles. The molecular formula is C19H20N4O4. The summed E-state index contributed by atoms with van der Waals surface area (Å²) in [4.78, 5) is 37.3. The summed E-state index contributed by atoms with van der Waals surface area (Å²) in [5.41, 5.74) is 4.86. The number of furan rings is 1. The van der Waals surface area contributed by atoms with Crippen LogP contribution in [0, 0.1) is 13.8 Å². The monoisotopic (exact) mass is 368 g/mol. The lowest BCUT2D eigenvalue weighted by Crippen LogP contribution is -2.43. The molecule has 2 heterocycles. The highest BCUT2D eigenvalue weighted by atomic mass is 16.3. The number of carbonyl (C=O) groups excluding carboxylic acids is 2. The second kappa shape index (κ2) is 7.45. The van der Waals surface area contributed by atoms with Gasteiger partial charge in [-0.3, -0.25) is 25.2 Å². The van der Waals surface area contributed by atoms with Gasteiger partial charge in [-0.05, 0) is 32.4 Å². The van der Waals surface area contributed by atoms with Crippen LogP contribution in [0.15, 0.2) is 39.5 Å². The van der Waals surface area contributed by atoms with Gasteiger partial charge in [0.1, 0.15) is 11.5 Å². The molecular weight excluding hydrogens is 348 g/mol. The van der Waals surface area contributed by atoms with Gasteiger partial charge in [0.05, 0.1) is 10.9 Å². The highest BCUT2D eigenvalue weighted by molar-refractivity contribution is 6.06.